The molecule has 6 heteroatoms. The van der Waals surface area contributed by atoms with Crippen LogP contribution in [0.4, 0.5) is 0 Å². The normalized spacial score (nSPS) is 11.5. The average molecular weight is 384 g/mol. The van der Waals surface area contributed by atoms with Gasteiger partial charge in [-0.1, -0.05) is 24.3 Å². The van der Waals surface area contributed by atoms with Gasteiger partial charge in [-0.2, -0.15) is 0 Å². The van der Waals surface area contributed by atoms with Gasteiger partial charge in [-0.05, 0) is 42.3 Å². The molecule has 0 aliphatic carbocycles. The third-order valence-corrected chi connectivity index (χ3v) is 5.49. The number of nitrogens with one attached hydrogen (secondary N) is 1. The highest BCUT2D eigenvalue weighted by molar-refractivity contribution is 5.87. The van der Waals surface area contributed by atoms with Crippen molar-refractivity contribution in [3.8, 4) is 5.69 Å². The first kappa shape index (κ1) is 17.3. The molecule has 0 saturated carbocycles. The second-order valence-corrected chi connectivity index (χ2v) is 7.34. The number of pyridine rings is 1. The van der Waals surface area contributed by atoms with Gasteiger partial charge in [-0.15, -0.1) is 0 Å². The van der Waals surface area contributed by atoms with Crippen LogP contribution < -0.4 is 11.2 Å². The molecule has 0 radical (unpaired) electrons. The van der Waals surface area contributed by atoms with Gasteiger partial charge in [0.1, 0.15) is 0 Å². The van der Waals surface area contributed by atoms with Crippen molar-refractivity contribution in [3.63, 3.8) is 0 Å². The van der Waals surface area contributed by atoms with Crippen molar-refractivity contribution in [1.82, 2.24) is 18.7 Å². The molecule has 0 atom stereocenters. The number of hydrogen-bond acceptors (Lipinski definition) is 2. The molecule has 0 aliphatic rings. The zero-order chi connectivity index (χ0) is 20.1. The van der Waals surface area contributed by atoms with Crippen molar-refractivity contribution in [2.24, 2.45) is 7.05 Å². The van der Waals surface area contributed by atoms with Gasteiger partial charge in [0.2, 0.25) is 5.56 Å². The minimum absolute atomic E-state index is 0.135. The first-order chi connectivity index (χ1) is 14.0. The summed E-state index contributed by atoms with van der Waals surface area (Å²) in [5.74, 6) is 0. The summed E-state index contributed by atoms with van der Waals surface area (Å²) in [5.41, 5.74) is 5.41. The second-order valence-electron chi connectivity index (χ2n) is 7.34. The quantitative estimate of drug-likeness (QED) is 0.519. The molecule has 29 heavy (non-hydrogen) atoms. The molecule has 0 amide bonds. The summed E-state index contributed by atoms with van der Waals surface area (Å²) in [4.78, 5) is 27.5. The fourth-order valence-corrected chi connectivity index (χ4v) is 4.17. The van der Waals surface area contributed by atoms with E-state index in [0.29, 0.717) is 12.2 Å². The maximum absolute atomic E-state index is 13.4. The standard InChI is InChI=1S/C23H20N4O2/c1-15-6-5-9-20-22(15)16(13-25(20)2)14-26-18-7-3-4-8-19(18)27(23(26)29)17-10-11-21(28)24-12-17/h3-13H,14H2,1-2H3,(H,24,28). The zero-order valence-corrected chi connectivity index (χ0v) is 16.2. The number of aromatic nitrogens is 4. The Kier molecular flexibility index (Phi) is 3.81. The van der Waals surface area contributed by atoms with Crippen LogP contribution in [-0.4, -0.2) is 18.7 Å². The molecule has 0 spiro atoms. The maximum Gasteiger partial charge on any atom is 0.334 e. The van der Waals surface area contributed by atoms with Crippen LogP contribution >= 0.6 is 0 Å². The number of nitrogens with zero attached hydrogens (tertiary/aromatic N) is 3. The first-order valence-corrected chi connectivity index (χ1v) is 9.47. The first-order valence-electron chi connectivity index (χ1n) is 9.47. The average Bonchev–Trinajstić information content (AvgIpc) is 3.19. The molecule has 0 bridgehead atoms. The lowest BCUT2D eigenvalue weighted by Gasteiger charge is -2.04. The van der Waals surface area contributed by atoms with E-state index in [4.69, 9.17) is 0 Å². The number of aromatic amines is 1. The minimum Gasteiger partial charge on any atom is -0.350 e. The topological polar surface area (TPSA) is 64.7 Å². The molecule has 0 fully saturated rings. The van der Waals surface area contributed by atoms with E-state index in [-0.39, 0.29) is 11.2 Å². The molecular weight excluding hydrogens is 364 g/mol. The Balaban J connectivity index is 1.75. The fraction of sp³-hybridized carbons (Fsp3) is 0.130. The van der Waals surface area contributed by atoms with Crippen LogP contribution in [0.1, 0.15) is 11.1 Å². The van der Waals surface area contributed by atoms with E-state index in [9.17, 15) is 9.59 Å². The predicted octanol–water partition coefficient (Wildman–Crippen LogP) is 3.33. The Morgan fingerprint density at radius 2 is 1.66 bits per heavy atom. The Morgan fingerprint density at radius 3 is 2.41 bits per heavy atom. The molecule has 0 unspecified atom stereocenters. The number of hydrogen-bond donors (Lipinski definition) is 1. The van der Waals surface area contributed by atoms with Gasteiger partial charge in [-0.3, -0.25) is 13.9 Å². The Bertz CT molecular complexity index is 1480. The number of aryl methyl sites for hydroxylation is 2. The van der Waals surface area contributed by atoms with Gasteiger partial charge in [0.05, 0.1) is 23.3 Å². The lowest BCUT2D eigenvalue weighted by Crippen LogP contribution is -2.24. The summed E-state index contributed by atoms with van der Waals surface area (Å²) in [6.07, 6.45) is 3.67. The van der Waals surface area contributed by atoms with Crippen molar-refractivity contribution < 1.29 is 0 Å². The number of fused-ring (bicyclic) bond motifs is 2. The largest absolute Gasteiger partial charge is 0.350 e. The van der Waals surface area contributed by atoms with Gasteiger partial charge >= 0.3 is 5.69 Å². The van der Waals surface area contributed by atoms with Gasteiger partial charge in [0.25, 0.3) is 0 Å². The summed E-state index contributed by atoms with van der Waals surface area (Å²) in [5, 5.41) is 1.18. The summed E-state index contributed by atoms with van der Waals surface area (Å²) >= 11 is 0. The number of imidazole rings is 1. The van der Waals surface area contributed by atoms with Crippen molar-refractivity contribution in [2.45, 2.75) is 13.5 Å². The molecular formula is C23H20N4O2. The smallest absolute Gasteiger partial charge is 0.334 e. The van der Waals surface area contributed by atoms with Crippen LogP contribution in [0, 0.1) is 6.92 Å². The van der Waals surface area contributed by atoms with Crippen LogP contribution in [0.25, 0.3) is 27.6 Å². The SMILES string of the molecule is Cc1cccc2c1c(Cn1c(=O)n(-c3ccc(=O)[nH]c3)c3ccccc31)cn2C. The number of benzene rings is 2. The fourth-order valence-electron chi connectivity index (χ4n) is 4.17. The van der Waals surface area contributed by atoms with E-state index >= 15 is 0 Å². The zero-order valence-electron chi connectivity index (χ0n) is 16.2. The molecule has 0 aliphatic heterocycles. The molecule has 0 saturated heterocycles. The molecule has 144 valence electrons. The van der Waals surface area contributed by atoms with Crippen molar-refractivity contribution in [1.29, 1.82) is 0 Å². The molecule has 2 aromatic carbocycles. The van der Waals surface area contributed by atoms with E-state index in [1.54, 1.807) is 21.4 Å². The highest BCUT2D eigenvalue weighted by atomic mass is 16.2. The highest BCUT2D eigenvalue weighted by Crippen LogP contribution is 2.26. The highest BCUT2D eigenvalue weighted by Gasteiger charge is 2.17. The molecule has 5 rings (SSSR count). The van der Waals surface area contributed by atoms with Gasteiger partial charge in [0, 0.05) is 36.4 Å². The van der Waals surface area contributed by atoms with E-state index in [2.05, 4.69) is 40.9 Å². The van der Waals surface area contributed by atoms with Crippen LogP contribution in [0.2, 0.25) is 0 Å². The van der Waals surface area contributed by atoms with Crippen molar-refractivity contribution in [3.05, 3.63) is 99.0 Å². The molecule has 1 N–H and O–H groups in total. The number of rotatable bonds is 3. The Morgan fingerprint density at radius 1 is 0.897 bits per heavy atom. The molecule has 3 aromatic heterocycles. The predicted molar refractivity (Wildman–Crippen MR) is 115 cm³/mol. The summed E-state index contributed by atoms with van der Waals surface area (Å²) in [6.45, 7) is 2.57. The van der Waals surface area contributed by atoms with E-state index in [0.717, 1.165) is 22.1 Å². The van der Waals surface area contributed by atoms with Crippen LogP contribution in [0.3, 0.4) is 0 Å². The Hall–Kier alpha value is -3.80. The number of H-pyrrole nitrogens is 1. The maximum atomic E-state index is 13.4. The lowest BCUT2D eigenvalue weighted by molar-refractivity contribution is 0.762. The summed E-state index contributed by atoms with van der Waals surface area (Å²) in [6, 6.07) is 17.1. The van der Waals surface area contributed by atoms with E-state index in [1.165, 1.54) is 17.0 Å². The second kappa shape index (κ2) is 6.38. The summed E-state index contributed by atoms with van der Waals surface area (Å²) in [7, 11) is 2.03. The molecule has 5 aromatic rings. The number of para-hydroxylation sites is 2. The summed E-state index contributed by atoms with van der Waals surface area (Å²) < 4.78 is 5.54. The van der Waals surface area contributed by atoms with Gasteiger partial charge < -0.3 is 9.55 Å². The van der Waals surface area contributed by atoms with Crippen LogP contribution in [0.5, 0.6) is 0 Å². The van der Waals surface area contributed by atoms with Crippen molar-refractivity contribution >= 4 is 21.9 Å². The van der Waals surface area contributed by atoms with Gasteiger partial charge in [-0.25, -0.2) is 4.79 Å². The van der Waals surface area contributed by atoms with Crippen molar-refractivity contribution in [2.75, 3.05) is 0 Å². The lowest BCUT2D eigenvalue weighted by atomic mass is 10.1. The van der Waals surface area contributed by atoms with E-state index < -0.39 is 0 Å². The van der Waals surface area contributed by atoms with Crippen LogP contribution in [0.15, 0.2) is 76.6 Å². The van der Waals surface area contributed by atoms with E-state index in [1.807, 2.05) is 31.3 Å². The van der Waals surface area contributed by atoms with Crippen LogP contribution in [-0.2, 0) is 13.6 Å². The molecule has 3 heterocycles. The molecule has 6 nitrogen and oxygen atoms in total. The minimum atomic E-state index is -0.197. The Labute approximate surface area is 166 Å². The third-order valence-electron chi connectivity index (χ3n) is 5.49. The third kappa shape index (κ3) is 2.64. The monoisotopic (exact) mass is 384 g/mol. The van der Waals surface area contributed by atoms with Gasteiger partial charge in [0.15, 0.2) is 0 Å².